The van der Waals surface area contributed by atoms with Crippen LogP contribution in [0.25, 0.3) is 0 Å². The fourth-order valence-corrected chi connectivity index (χ4v) is 3.56. The van der Waals surface area contributed by atoms with E-state index in [0.717, 1.165) is 25.0 Å². The van der Waals surface area contributed by atoms with Crippen molar-refractivity contribution in [1.82, 2.24) is 24.6 Å². The molecular weight excluding hydrogens is 373 g/mol. The Bertz CT molecular complexity index is 1020. The molecule has 1 unspecified atom stereocenters. The summed E-state index contributed by atoms with van der Waals surface area (Å²) in [6, 6.07) is 8.97. The normalized spacial score (nSPS) is 16.7. The minimum Gasteiger partial charge on any atom is -0.439 e. The molecule has 7 nitrogen and oxygen atoms in total. The Morgan fingerprint density at radius 3 is 2.69 bits per heavy atom. The van der Waals surface area contributed by atoms with Crippen LogP contribution >= 0.6 is 0 Å². The van der Waals surface area contributed by atoms with Crippen LogP contribution in [0.5, 0.6) is 11.6 Å². The van der Waals surface area contributed by atoms with Gasteiger partial charge in [0.2, 0.25) is 5.88 Å². The Hall–Kier alpha value is -3.29. The molecule has 1 aliphatic heterocycles. The second-order valence-corrected chi connectivity index (χ2v) is 7.11. The van der Waals surface area contributed by atoms with E-state index in [2.05, 4.69) is 15.1 Å². The third-order valence-corrected chi connectivity index (χ3v) is 4.99. The monoisotopic (exact) mass is 395 g/mol. The quantitative estimate of drug-likeness (QED) is 0.672. The van der Waals surface area contributed by atoms with Gasteiger partial charge in [0.15, 0.2) is 5.82 Å². The molecule has 0 saturated carbocycles. The number of hydrogen-bond donors (Lipinski definition) is 0. The predicted octanol–water partition coefficient (Wildman–Crippen LogP) is 3.82. The highest BCUT2D eigenvalue weighted by molar-refractivity contribution is 5.92. The minimum absolute atomic E-state index is 0.0826. The summed E-state index contributed by atoms with van der Waals surface area (Å²) in [5, 5.41) is 4.10. The number of piperidine rings is 1. The summed E-state index contributed by atoms with van der Waals surface area (Å²) >= 11 is 0. The van der Waals surface area contributed by atoms with Gasteiger partial charge in [-0.3, -0.25) is 9.48 Å². The Balaban J connectivity index is 1.63. The lowest BCUT2D eigenvalue weighted by Crippen LogP contribution is -2.40. The molecule has 8 heteroatoms. The van der Waals surface area contributed by atoms with Crippen LogP contribution < -0.4 is 4.74 Å². The van der Waals surface area contributed by atoms with Crippen molar-refractivity contribution >= 4 is 5.91 Å². The van der Waals surface area contributed by atoms with Crippen molar-refractivity contribution < 1.29 is 13.9 Å². The van der Waals surface area contributed by atoms with Gasteiger partial charge in [0.25, 0.3) is 5.91 Å². The fraction of sp³-hybridized carbons (Fsp3) is 0.333. The van der Waals surface area contributed by atoms with Crippen LogP contribution in [0.2, 0.25) is 0 Å². The van der Waals surface area contributed by atoms with E-state index in [-0.39, 0.29) is 17.8 Å². The van der Waals surface area contributed by atoms with Gasteiger partial charge in [0, 0.05) is 31.5 Å². The van der Waals surface area contributed by atoms with Crippen LogP contribution in [-0.2, 0) is 7.05 Å². The molecule has 1 atom stereocenters. The number of hydrogen-bond acceptors (Lipinski definition) is 5. The maximum Gasteiger partial charge on any atom is 0.272 e. The second kappa shape index (κ2) is 7.98. The molecule has 1 aliphatic rings. The highest BCUT2D eigenvalue weighted by Crippen LogP contribution is 2.32. The largest absolute Gasteiger partial charge is 0.439 e. The molecule has 29 heavy (non-hydrogen) atoms. The van der Waals surface area contributed by atoms with Crippen LogP contribution in [0.4, 0.5) is 4.39 Å². The number of ether oxygens (including phenoxy) is 1. The molecule has 1 saturated heterocycles. The molecule has 1 aromatic carbocycles. The SMILES string of the molecule is Cc1cc(Oc2ccc(F)cc2)nc(C2CCCCN2C(=O)c2ccnn2C)n1. The fourth-order valence-electron chi connectivity index (χ4n) is 3.56. The lowest BCUT2D eigenvalue weighted by molar-refractivity contribution is 0.0587. The minimum atomic E-state index is -0.330. The number of aryl methyl sites for hydroxylation is 2. The summed E-state index contributed by atoms with van der Waals surface area (Å²) in [6.07, 6.45) is 4.32. The molecule has 0 radical (unpaired) electrons. The van der Waals surface area contributed by atoms with Gasteiger partial charge in [0.1, 0.15) is 17.3 Å². The van der Waals surface area contributed by atoms with E-state index in [9.17, 15) is 9.18 Å². The highest BCUT2D eigenvalue weighted by atomic mass is 19.1. The molecule has 3 heterocycles. The summed E-state index contributed by atoms with van der Waals surface area (Å²) < 4.78 is 20.5. The van der Waals surface area contributed by atoms with Gasteiger partial charge < -0.3 is 9.64 Å². The zero-order valence-electron chi connectivity index (χ0n) is 16.4. The molecule has 150 valence electrons. The number of rotatable bonds is 4. The second-order valence-electron chi connectivity index (χ2n) is 7.11. The Labute approximate surface area is 168 Å². The van der Waals surface area contributed by atoms with Crippen LogP contribution in [0.3, 0.4) is 0 Å². The van der Waals surface area contributed by atoms with E-state index in [4.69, 9.17) is 4.74 Å². The Morgan fingerprint density at radius 1 is 1.17 bits per heavy atom. The molecule has 0 aliphatic carbocycles. The maximum atomic E-state index is 13.1. The van der Waals surface area contributed by atoms with Gasteiger partial charge in [0.05, 0.1) is 6.04 Å². The Morgan fingerprint density at radius 2 is 1.97 bits per heavy atom. The number of carbonyl (C=O) groups excluding carboxylic acids is 1. The zero-order chi connectivity index (χ0) is 20.4. The number of halogens is 1. The Kier molecular flexibility index (Phi) is 5.24. The van der Waals surface area contributed by atoms with Crippen molar-refractivity contribution in [1.29, 1.82) is 0 Å². The maximum absolute atomic E-state index is 13.1. The van der Waals surface area contributed by atoms with Crippen molar-refractivity contribution in [2.75, 3.05) is 6.54 Å². The third-order valence-electron chi connectivity index (χ3n) is 4.99. The average molecular weight is 395 g/mol. The summed E-state index contributed by atoms with van der Waals surface area (Å²) in [5.74, 6) is 1.00. The molecule has 1 fully saturated rings. The van der Waals surface area contributed by atoms with Crippen molar-refractivity contribution in [2.45, 2.75) is 32.2 Å². The summed E-state index contributed by atoms with van der Waals surface area (Å²) in [7, 11) is 1.75. The van der Waals surface area contributed by atoms with Crippen LogP contribution in [0.15, 0.2) is 42.6 Å². The summed E-state index contributed by atoms with van der Waals surface area (Å²) in [6.45, 7) is 2.50. The number of carbonyl (C=O) groups is 1. The number of benzene rings is 1. The molecule has 0 spiro atoms. The molecule has 4 rings (SSSR count). The van der Waals surface area contributed by atoms with E-state index in [1.54, 1.807) is 42.2 Å². The van der Waals surface area contributed by atoms with Gasteiger partial charge in [-0.15, -0.1) is 0 Å². The first kappa shape index (κ1) is 19.0. The van der Waals surface area contributed by atoms with Crippen molar-refractivity contribution in [3.05, 3.63) is 65.6 Å². The van der Waals surface area contributed by atoms with Crippen molar-refractivity contribution in [3.63, 3.8) is 0 Å². The first-order valence-electron chi connectivity index (χ1n) is 9.59. The third kappa shape index (κ3) is 4.11. The average Bonchev–Trinajstić information content (AvgIpc) is 3.15. The first-order valence-corrected chi connectivity index (χ1v) is 9.59. The van der Waals surface area contributed by atoms with Gasteiger partial charge in [-0.1, -0.05) is 0 Å². The van der Waals surface area contributed by atoms with Crippen LogP contribution in [-0.4, -0.2) is 37.1 Å². The van der Waals surface area contributed by atoms with Gasteiger partial charge in [-0.05, 0) is 56.5 Å². The van der Waals surface area contributed by atoms with Crippen molar-refractivity contribution in [2.24, 2.45) is 7.05 Å². The van der Waals surface area contributed by atoms with E-state index in [1.807, 2.05) is 11.8 Å². The van der Waals surface area contributed by atoms with E-state index < -0.39 is 0 Å². The van der Waals surface area contributed by atoms with Gasteiger partial charge >= 0.3 is 0 Å². The molecule has 0 N–H and O–H groups in total. The molecule has 3 aromatic rings. The number of amides is 1. The highest BCUT2D eigenvalue weighted by Gasteiger charge is 2.32. The zero-order valence-corrected chi connectivity index (χ0v) is 16.4. The van der Waals surface area contributed by atoms with Crippen LogP contribution in [0, 0.1) is 12.7 Å². The van der Waals surface area contributed by atoms with Gasteiger partial charge in [-0.2, -0.15) is 10.1 Å². The summed E-state index contributed by atoms with van der Waals surface area (Å²) in [4.78, 5) is 24.1. The molecule has 0 bridgehead atoms. The number of aromatic nitrogens is 4. The van der Waals surface area contributed by atoms with Crippen LogP contribution in [0.1, 0.15) is 47.3 Å². The predicted molar refractivity (Wildman–Crippen MR) is 104 cm³/mol. The lowest BCUT2D eigenvalue weighted by atomic mass is 10.0. The summed E-state index contributed by atoms with van der Waals surface area (Å²) in [5.41, 5.74) is 1.28. The first-order chi connectivity index (χ1) is 14.0. The van der Waals surface area contributed by atoms with E-state index >= 15 is 0 Å². The van der Waals surface area contributed by atoms with E-state index in [0.29, 0.717) is 29.7 Å². The molecule has 2 aromatic heterocycles. The number of nitrogens with zero attached hydrogens (tertiary/aromatic N) is 5. The van der Waals surface area contributed by atoms with E-state index in [1.165, 1.54) is 12.1 Å². The van der Waals surface area contributed by atoms with Crippen molar-refractivity contribution in [3.8, 4) is 11.6 Å². The number of likely N-dealkylation sites (tertiary alicyclic amines) is 1. The topological polar surface area (TPSA) is 73.1 Å². The smallest absolute Gasteiger partial charge is 0.272 e. The van der Waals surface area contributed by atoms with Gasteiger partial charge in [-0.25, -0.2) is 9.37 Å². The molecule has 1 amide bonds. The lowest BCUT2D eigenvalue weighted by Gasteiger charge is -2.34. The molecular formula is C21H22FN5O2. The standard InChI is InChI=1S/C21H22FN5O2/c1-14-13-19(29-16-8-6-15(22)7-9-16)25-20(24-14)17-5-3-4-12-27(17)21(28)18-10-11-23-26(18)2/h6-11,13,17H,3-5,12H2,1-2H3.